The van der Waals surface area contributed by atoms with Crippen molar-refractivity contribution >= 4 is 54.3 Å². The summed E-state index contributed by atoms with van der Waals surface area (Å²) in [6, 6.07) is 4.89. The molecule has 0 aliphatic rings. The van der Waals surface area contributed by atoms with E-state index in [0.29, 0.717) is 16.6 Å². The molecule has 49 heavy (non-hydrogen) atoms. The molecule has 10 aromatic rings. The van der Waals surface area contributed by atoms with Gasteiger partial charge in [-0.3, -0.25) is 0 Å². The van der Waals surface area contributed by atoms with E-state index in [0.717, 1.165) is 16.5 Å². The van der Waals surface area contributed by atoms with Crippen LogP contribution in [0.2, 0.25) is 0 Å². The van der Waals surface area contributed by atoms with Crippen LogP contribution in [-0.4, -0.2) is 0 Å². The van der Waals surface area contributed by atoms with Crippen LogP contribution in [0.15, 0.2) is 186 Å². The van der Waals surface area contributed by atoms with Crippen LogP contribution in [0.4, 0.5) is 0 Å². The normalized spacial score (nSPS) is 17.1. The Kier molecular flexibility index (Phi) is 3.34. The average molecular weight is 642 g/mol. The number of fused-ring (bicyclic) bond motifs is 6. The molecule has 0 saturated carbocycles. The summed E-state index contributed by atoms with van der Waals surface area (Å²) in [6.07, 6.45) is 0. The molecular weight excluding hydrogens is 593 g/mol. The van der Waals surface area contributed by atoms with E-state index in [1.807, 2.05) is 48.5 Å². The number of benzene rings is 9. The van der Waals surface area contributed by atoms with Crippen LogP contribution in [-0.2, 0) is 0 Å². The Morgan fingerprint density at radius 3 is 1.59 bits per heavy atom. The van der Waals surface area contributed by atoms with Crippen molar-refractivity contribution in [3.63, 3.8) is 0 Å². The van der Waals surface area contributed by atoms with Gasteiger partial charge < -0.3 is 4.42 Å². The molecule has 0 N–H and O–H groups in total. The average Bonchev–Trinajstić information content (AvgIpc) is 3.71. The fourth-order valence-electron chi connectivity index (χ4n) is 6.58. The molecule has 228 valence electrons. The first-order valence-corrected chi connectivity index (χ1v) is 15.3. The van der Waals surface area contributed by atoms with Crippen molar-refractivity contribution < 1.29 is 30.5 Å². The van der Waals surface area contributed by atoms with Crippen molar-refractivity contribution in [2.24, 2.45) is 0 Å². The summed E-state index contributed by atoms with van der Waals surface area (Å²) in [5.41, 5.74) is 0.541. The smallest absolute Gasteiger partial charge is 0.136 e. The molecule has 0 unspecified atom stereocenters. The lowest BCUT2D eigenvalue weighted by molar-refractivity contribution is 0.669. The molecule has 0 spiro atoms. The van der Waals surface area contributed by atoms with Gasteiger partial charge in [-0.15, -0.1) is 0 Å². The van der Waals surface area contributed by atoms with E-state index in [1.165, 1.54) is 0 Å². The third-order valence-corrected chi connectivity index (χ3v) is 8.74. The van der Waals surface area contributed by atoms with Gasteiger partial charge in [0.2, 0.25) is 0 Å². The summed E-state index contributed by atoms with van der Waals surface area (Å²) < 4.78 is 178. The first kappa shape index (κ1) is 14.8. The van der Waals surface area contributed by atoms with E-state index in [9.17, 15) is 11.0 Å². The monoisotopic (exact) mass is 641 g/mol. The number of furan rings is 1. The molecule has 0 aliphatic carbocycles. The highest BCUT2D eigenvalue weighted by molar-refractivity contribution is 6.24. The SMILES string of the molecule is [2H]c1c([2H])c([2H])c(-c2c3c([2H])c([2H])c([2H])c([2H])c3c(-c3c([2H])c([2H])c(-c4ccc5c(c4)oc4ccc(-c6ccccc6)cc45)c4c([2H])c([2H])c([2H])c([2H])c34)c3c([2H])c([2H])c([2H])c([2H])c23)c([2H])c1[2H]. The summed E-state index contributed by atoms with van der Waals surface area (Å²) in [5.74, 6) is 0. The predicted molar refractivity (Wildman–Crippen MR) is 208 cm³/mol. The molecule has 0 atom stereocenters. The van der Waals surface area contributed by atoms with Gasteiger partial charge in [0.15, 0.2) is 0 Å². The Labute approximate surface area is 311 Å². The second kappa shape index (κ2) is 11.1. The molecule has 0 bridgehead atoms. The van der Waals surface area contributed by atoms with E-state index in [2.05, 4.69) is 0 Å². The lowest BCUT2D eigenvalue weighted by atomic mass is 9.84. The van der Waals surface area contributed by atoms with Crippen LogP contribution in [0, 0.1) is 0 Å². The van der Waals surface area contributed by atoms with Gasteiger partial charge in [-0.25, -0.2) is 0 Å². The first-order valence-electron chi connectivity index (χ1n) is 24.8. The molecular formula is C48H30O. The van der Waals surface area contributed by atoms with E-state index >= 15 is 0 Å². The zero-order valence-electron chi connectivity index (χ0n) is 44.3. The highest BCUT2D eigenvalue weighted by Gasteiger charge is 2.19. The van der Waals surface area contributed by atoms with Gasteiger partial charge in [0.1, 0.15) is 11.2 Å². The first-order chi connectivity index (χ1) is 32.2. The molecule has 0 fully saturated rings. The minimum absolute atomic E-state index is 0.138. The molecule has 0 aliphatic heterocycles. The highest BCUT2D eigenvalue weighted by Crippen LogP contribution is 2.46. The van der Waals surface area contributed by atoms with Crippen LogP contribution >= 0.6 is 0 Å². The van der Waals surface area contributed by atoms with Crippen LogP contribution in [0.1, 0.15) is 26.0 Å². The van der Waals surface area contributed by atoms with Gasteiger partial charge in [0, 0.05) is 10.8 Å². The van der Waals surface area contributed by atoms with E-state index in [1.54, 1.807) is 18.2 Å². The van der Waals surface area contributed by atoms with E-state index in [4.69, 9.17) is 19.5 Å². The molecule has 1 aromatic heterocycles. The number of hydrogen-bond acceptors (Lipinski definition) is 1. The lowest BCUT2D eigenvalue weighted by Gasteiger charge is -2.19. The lowest BCUT2D eigenvalue weighted by Crippen LogP contribution is -1.92. The van der Waals surface area contributed by atoms with Crippen molar-refractivity contribution in [3.05, 3.63) is 182 Å². The predicted octanol–water partition coefficient (Wildman–Crippen LogP) is 13.7. The summed E-state index contributed by atoms with van der Waals surface area (Å²) >= 11 is 0. The van der Waals surface area contributed by atoms with Crippen molar-refractivity contribution in [3.8, 4) is 44.5 Å². The minimum Gasteiger partial charge on any atom is -0.456 e. The van der Waals surface area contributed by atoms with Crippen molar-refractivity contribution in [2.75, 3.05) is 0 Å². The Hall–Kier alpha value is -6.44. The van der Waals surface area contributed by atoms with Gasteiger partial charge in [-0.05, 0) is 101 Å². The molecule has 9 aromatic carbocycles. The Balaban J connectivity index is 1.41. The highest BCUT2D eigenvalue weighted by atomic mass is 16.3. The third kappa shape index (κ3) is 4.40. The molecule has 10 rings (SSSR count). The maximum absolute atomic E-state index is 9.83. The summed E-state index contributed by atoms with van der Waals surface area (Å²) in [6.45, 7) is 0. The van der Waals surface area contributed by atoms with Crippen LogP contribution in [0.5, 0.6) is 0 Å². The van der Waals surface area contributed by atoms with E-state index in [-0.39, 0.29) is 16.5 Å². The number of hydrogen-bond donors (Lipinski definition) is 0. The van der Waals surface area contributed by atoms with Crippen LogP contribution < -0.4 is 0 Å². The molecule has 0 saturated heterocycles. The van der Waals surface area contributed by atoms with Gasteiger partial charge in [-0.2, -0.15) is 0 Å². The maximum atomic E-state index is 9.83. The van der Waals surface area contributed by atoms with Crippen molar-refractivity contribution in [1.29, 1.82) is 0 Å². The van der Waals surface area contributed by atoms with Crippen LogP contribution in [0.3, 0.4) is 0 Å². The standard InChI is InChI=1S/C48H30O/c1-3-13-31(14-4-1)33-24-28-45-44(29-33)38-25-23-34(30-46(38)49-45)35-26-27-43(37-18-8-7-17-36(35)37)48-41-21-11-9-19-39(41)47(32-15-5-2-6-16-32)40-20-10-12-22-42(40)48/h1-30H/i2D,5D,6D,7D,8D,9D,10D,11D,12D,15D,16D,17D,18D,19D,20D,21D,22D,26D,27D. The molecule has 1 nitrogen and oxygen atoms in total. The second-order valence-electron chi connectivity index (χ2n) is 11.4. The quantitative estimate of drug-likeness (QED) is 0.174. The molecule has 0 amide bonds. The van der Waals surface area contributed by atoms with E-state index < -0.39 is 164 Å². The zero-order valence-corrected chi connectivity index (χ0v) is 25.3. The fraction of sp³-hybridized carbons (Fsp3) is 0. The Bertz CT molecular complexity index is 3850. The Morgan fingerprint density at radius 1 is 0.327 bits per heavy atom. The molecule has 1 heteroatoms. The summed E-state index contributed by atoms with van der Waals surface area (Å²) in [4.78, 5) is 0. The topological polar surface area (TPSA) is 13.1 Å². The Morgan fingerprint density at radius 2 is 0.898 bits per heavy atom. The van der Waals surface area contributed by atoms with Gasteiger partial charge in [0.05, 0.1) is 26.0 Å². The van der Waals surface area contributed by atoms with Gasteiger partial charge in [-0.1, -0.05) is 157 Å². The van der Waals surface area contributed by atoms with Crippen molar-refractivity contribution in [2.45, 2.75) is 0 Å². The maximum Gasteiger partial charge on any atom is 0.136 e. The fourth-order valence-corrected chi connectivity index (χ4v) is 6.58. The molecule has 0 radical (unpaired) electrons. The van der Waals surface area contributed by atoms with Crippen molar-refractivity contribution in [1.82, 2.24) is 0 Å². The summed E-state index contributed by atoms with van der Waals surface area (Å²) in [5, 5.41) is -1.56. The summed E-state index contributed by atoms with van der Waals surface area (Å²) in [7, 11) is 0. The third-order valence-electron chi connectivity index (χ3n) is 8.74. The molecule has 1 heterocycles. The largest absolute Gasteiger partial charge is 0.456 e. The zero-order chi connectivity index (χ0) is 48.8. The number of rotatable bonds is 4. The van der Waals surface area contributed by atoms with Crippen LogP contribution in [0.25, 0.3) is 98.8 Å². The second-order valence-corrected chi connectivity index (χ2v) is 11.4. The van der Waals surface area contributed by atoms with Gasteiger partial charge in [0.25, 0.3) is 0 Å². The minimum atomic E-state index is -0.869. The van der Waals surface area contributed by atoms with Gasteiger partial charge >= 0.3 is 0 Å².